The van der Waals surface area contributed by atoms with Crippen molar-refractivity contribution < 1.29 is 14.1 Å². The molecule has 0 saturated carbocycles. The van der Waals surface area contributed by atoms with Gasteiger partial charge in [-0.25, -0.2) is 4.79 Å². The number of nitriles is 1. The molecule has 16 heavy (non-hydrogen) atoms. The second-order valence-corrected chi connectivity index (χ2v) is 5.39. The van der Waals surface area contributed by atoms with Crippen LogP contribution in [-0.2, 0) is 15.9 Å². The second-order valence-electron chi connectivity index (χ2n) is 2.79. The number of nitrogens with two attached hydrogens (primary N) is 1. The standard InChI is InChI=1S/C9H10N2O3S2/c1-3-14-8(12)7-6(11)5(4-10)9(15-7)16(2)13/h3,11H2,1-2H3. The average molecular weight is 258 g/mol. The zero-order chi connectivity index (χ0) is 12.3. The van der Waals surface area contributed by atoms with Gasteiger partial charge in [-0.3, -0.25) is 0 Å². The summed E-state index contributed by atoms with van der Waals surface area (Å²) in [4.78, 5) is 11.6. The van der Waals surface area contributed by atoms with E-state index in [1.54, 1.807) is 6.92 Å². The van der Waals surface area contributed by atoms with E-state index in [4.69, 9.17) is 15.7 Å². The Bertz CT molecular complexity index is 448. The molecular weight excluding hydrogens is 248 g/mol. The van der Waals surface area contributed by atoms with Crippen molar-refractivity contribution in [1.82, 2.24) is 0 Å². The first-order chi connectivity index (χ1) is 7.52. The van der Waals surface area contributed by atoms with E-state index >= 15 is 0 Å². The molecule has 1 unspecified atom stereocenters. The number of hydrogen-bond donors (Lipinski definition) is 1. The lowest BCUT2D eigenvalue weighted by Crippen LogP contribution is -2.05. The van der Waals surface area contributed by atoms with Crippen molar-refractivity contribution in [2.75, 3.05) is 18.6 Å². The van der Waals surface area contributed by atoms with Gasteiger partial charge in [0.1, 0.15) is 22.8 Å². The Morgan fingerprint density at radius 2 is 2.38 bits per heavy atom. The van der Waals surface area contributed by atoms with E-state index in [0.717, 1.165) is 11.3 Å². The minimum atomic E-state index is -1.34. The van der Waals surface area contributed by atoms with E-state index in [1.165, 1.54) is 6.26 Å². The van der Waals surface area contributed by atoms with E-state index < -0.39 is 17.1 Å². The van der Waals surface area contributed by atoms with Gasteiger partial charge in [0, 0.05) is 0 Å². The zero-order valence-corrected chi connectivity index (χ0v) is 10.4. The molecule has 2 N–H and O–H groups in total. The van der Waals surface area contributed by atoms with Crippen LogP contribution in [0.5, 0.6) is 0 Å². The van der Waals surface area contributed by atoms with Gasteiger partial charge in [0.05, 0.1) is 12.3 Å². The number of ether oxygens (including phenoxy) is 1. The summed E-state index contributed by atoms with van der Waals surface area (Å²) in [6.45, 7) is 1.90. The molecule has 1 heterocycles. The van der Waals surface area contributed by atoms with Crippen LogP contribution in [0.25, 0.3) is 0 Å². The van der Waals surface area contributed by atoms with E-state index in [0.29, 0.717) is 4.21 Å². The molecule has 0 amide bonds. The highest BCUT2D eigenvalue weighted by Crippen LogP contribution is 2.34. The summed E-state index contributed by atoms with van der Waals surface area (Å²) in [5.41, 5.74) is 5.79. The fraction of sp³-hybridized carbons (Fsp3) is 0.333. The second kappa shape index (κ2) is 5.21. The molecule has 5 nitrogen and oxygen atoms in total. The molecule has 0 spiro atoms. The van der Waals surface area contributed by atoms with Crippen molar-refractivity contribution in [2.24, 2.45) is 0 Å². The van der Waals surface area contributed by atoms with Gasteiger partial charge >= 0.3 is 5.97 Å². The van der Waals surface area contributed by atoms with E-state index in [-0.39, 0.29) is 22.7 Å². The number of nitrogen functional groups attached to an aromatic ring is 1. The van der Waals surface area contributed by atoms with E-state index in [2.05, 4.69) is 0 Å². The van der Waals surface area contributed by atoms with Crippen LogP contribution in [0.15, 0.2) is 4.21 Å². The van der Waals surface area contributed by atoms with E-state index in [9.17, 15) is 9.35 Å². The maximum atomic E-state index is 11.5. The first kappa shape index (κ1) is 12.8. The molecule has 0 aromatic carbocycles. The minimum Gasteiger partial charge on any atom is -0.611 e. The average Bonchev–Trinajstić information content (AvgIpc) is 2.55. The molecule has 0 aliphatic heterocycles. The number of hydrogen-bond acceptors (Lipinski definition) is 6. The number of anilines is 1. The van der Waals surface area contributed by atoms with Crippen LogP contribution in [0.3, 0.4) is 0 Å². The van der Waals surface area contributed by atoms with Crippen LogP contribution >= 0.6 is 11.3 Å². The third kappa shape index (κ3) is 2.29. The first-order valence-electron chi connectivity index (χ1n) is 4.35. The Morgan fingerprint density at radius 1 is 1.75 bits per heavy atom. The summed E-state index contributed by atoms with van der Waals surface area (Å²) >= 11 is -0.397. The van der Waals surface area contributed by atoms with Crippen LogP contribution in [0, 0.1) is 11.3 Å². The molecule has 1 rings (SSSR count). The molecular formula is C9H10N2O3S2. The van der Waals surface area contributed by atoms with Gasteiger partial charge < -0.3 is 15.0 Å². The third-order valence-electron chi connectivity index (χ3n) is 1.75. The Morgan fingerprint density at radius 3 is 2.75 bits per heavy atom. The maximum Gasteiger partial charge on any atom is 0.350 e. The predicted octanol–water partition coefficient (Wildman–Crippen LogP) is 1.12. The molecule has 0 bridgehead atoms. The topological polar surface area (TPSA) is 99.2 Å². The molecule has 7 heteroatoms. The summed E-state index contributed by atoms with van der Waals surface area (Å²) < 4.78 is 16.4. The zero-order valence-electron chi connectivity index (χ0n) is 8.77. The van der Waals surface area contributed by atoms with Gasteiger partial charge in [-0.2, -0.15) is 5.26 Å². The molecule has 1 aromatic heterocycles. The fourth-order valence-corrected chi connectivity index (χ4v) is 3.04. The Labute approximate surface area is 100.0 Å². The van der Waals surface area contributed by atoms with Crippen molar-refractivity contribution in [3.63, 3.8) is 0 Å². The number of carbonyl (C=O) groups is 1. The lowest BCUT2D eigenvalue weighted by Gasteiger charge is -1.99. The van der Waals surface area contributed by atoms with Crippen molar-refractivity contribution in [2.45, 2.75) is 11.1 Å². The summed E-state index contributed by atoms with van der Waals surface area (Å²) in [5.74, 6) is -0.585. The quantitative estimate of drug-likeness (QED) is 0.646. The number of nitrogens with zero attached hydrogens (tertiary/aromatic N) is 1. The number of carbonyl (C=O) groups excluding carboxylic acids is 1. The number of rotatable bonds is 3. The Kier molecular flexibility index (Phi) is 4.18. The molecule has 1 aromatic rings. The molecule has 0 aliphatic carbocycles. The van der Waals surface area contributed by atoms with Crippen LogP contribution in [-0.4, -0.2) is 23.4 Å². The van der Waals surface area contributed by atoms with Crippen molar-refractivity contribution >= 4 is 34.2 Å². The normalized spacial score (nSPS) is 11.9. The van der Waals surface area contributed by atoms with Crippen molar-refractivity contribution in [3.05, 3.63) is 10.4 Å². The van der Waals surface area contributed by atoms with Gasteiger partial charge in [-0.15, -0.1) is 0 Å². The van der Waals surface area contributed by atoms with E-state index in [1.807, 2.05) is 6.07 Å². The minimum absolute atomic E-state index is 0.0520. The fourth-order valence-electron chi connectivity index (χ4n) is 1.08. The Hall–Kier alpha value is -1.23. The summed E-state index contributed by atoms with van der Waals surface area (Å²) in [5, 5.41) is 8.86. The largest absolute Gasteiger partial charge is 0.611 e. The van der Waals surface area contributed by atoms with Crippen LogP contribution in [0.4, 0.5) is 5.69 Å². The van der Waals surface area contributed by atoms with Gasteiger partial charge in [-0.05, 0) is 18.1 Å². The monoisotopic (exact) mass is 258 g/mol. The molecule has 0 fully saturated rings. The third-order valence-corrected chi connectivity index (χ3v) is 4.41. The molecule has 0 saturated heterocycles. The molecule has 1 atom stereocenters. The van der Waals surface area contributed by atoms with Gasteiger partial charge in [-0.1, -0.05) is 11.3 Å². The summed E-state index contributed by atoms with van der Waals surface area (Å²) in [6.07, 6.45) is 1.43. The lowest BCUT2D eigenvalue weighted by atomic mass is 10.3. The van der Waals surface area contributed by atoms with Crippen LogP contribution < -0.4 is 5.73 Å². The highest BCUT2D eigenvalue weighted by atomic mass is 32.2. The number of esters is 1. The predicted molar refractivity (Wildman–Crippen MR) is 61.7 cm³/mol. The highest BCUT2D eigenvalue weighted by molar-refractivity contribution is 7.92. The molecule has 86 valence electrons. The Balaban J connectivity index is 3.24. The molecule has 0 radical (unpaired) electrons. The SMILES string of the molecule is CCOC(=O)c1sc([S+](C)[O-])c(C#N)c1N. The smallest absolute Gasteiger partial charge is 0.350 e. The van der Waals surface area contributed by atoms with Crippen molar-refractivity contribution in [3.8, 4) is 6.07 Å². The summed E-state index contributed by atoms with van der Waals surface area (Å²) in [6, 6.07) is 1.85. The molecule has 0 aliphatic rings. The van der Waals surface area contributed by atoms with Gasteiger partial charge in [0.25, 0.3) is 0 Å². The number of thiophene rings is 1. The lowest BCUT2D eigenvalue weighted by molar-refractivity contribution is 0.0533. The maximum absolute atomic E-state index is 11.5. The van der Waals surface area contributed by atoms with Gasteiger partial charge in [0.15, 0.2) is 0 Å². The highest BCUT2D eigenvalue weighted by Gasteiger charge is 2.26. The summed E-state index contributed by atoms with van der Waals surface area (Å²) in [7, 11) is 0. The van der Waals surface area contributed by atoms with Crippen LogP contribution in [0.2, 0.25) is 0 Å². The van der Waals surface area contributed by atoms with Crippen LogP contribution in [0.1, 0.15) is 22.2 Å². The van der Waals surface area contributed by atoms with Gasteiger partial charge in [0.2, 0.25) is 4.21 Å². The van der Waals surface area contributed by atoms with Crippen molar-refractivity contribution in [1.29, 1.82) is 5.26 Å². The first-order valence-corrected chi connectivity index (χ1v) is 6.73.